The lowest BCUT2D eigenvalue weighted by Crippen LogP contribution is -2.22. The Hall–Kier alpha value is -1.97. The summed E-state index contributed by atoms with van der Waals surface area (Å²) in [4.78, 5) is 11.1. The molecular formula is C12H15NO3. The monoisotopic (exact) mass is 221 g/mol. The van der Waals surface area contributed by atoms with E-state index in [0.717, 1.165) is 5.56 Å². The van der Waals surface area contributed by atoms with Crippen molar-refractivity contribution in [2.75, 3.05) is 14.2 Å². The third kappa shape index (κ3) is 3.02. The van der Waals surface area contributed by atoms with Crippen LogP contribution in [0.15, 0.2) is 24.3 Å². The lowest BCUT2D eigenvalue weighted by Gasteiger charge is -2.09. The molecule has 0 bridgehead atoms. The molecule has 0 saturated heterocycles. The van der Waals surface area contributed by atoms with Crippen LogP contribution in [-0.2, 0) is 0 Å². The predicted molar refractivity (Wildman–Crippen MR) is 62.8 cm³/mol. The Morgan fingerprint density at radius 1 is 1.38 bits per heavy atom. The van der Waals surface area contributed by atoms with Gasteiger partial charge in [-0.1, -0.05) is 18.2 Å². The molecule has 0 aliphatic rings. The van der Waals surface area contributed by atoms with Crippen molar-refractivity contribution in [3.05, 3.63) is 29.8 Å². The van der Waals surface area contributed by atoms with Crippen molar-refractivity contribution in [2.45, 2.75) is 6.92 Å². The van der Waals surface area contributed by atoms with Crippen molar-refractivity contribution in [3.8, 4) is 11.5 Å². The van der Waals surface area contributed by atoms with Gasteiger partial charge in [0.2, 0.25) is 0 Å². The lowest BCUT2D eigenvalue weighted by atomic mass is 10.2. The summed E-state index contributed by atoms with van der Waals surface area (Å²) in [5.74, 6) is 0.925. The van der Waals surface area contributed by atoms with E-state index in [4.69, 9.17) is 9.47 Å². The number of rotatable bonds is 3. The molecule has 0 aliphatic heterocycles. The fraction of sp³-hybridized carbons (Fsp3) is 0.250. The number of amides is 1. The molecule has 0 aliphatic carbocycles. The van der Waals surface area contributed by atoms with Crippen LogP contribution in [0, 0.1) is 0 Å². The first-order valence-corrected chi connectivity index (χ1v) is 4.91. The normalized spacial score (nSPS) is 10.2. The average Bonchev–Trinajstić information content (AvgIpc) is 2.31. The quantitative estimate of drug-likeness (QED) is 0.852. The van der Waals surface area contributed by atoms with Crippen molar-refractivity contribution < 1.29 is 14.3 Å². The smallest absolute Gasteiger partial charge is 0.412 e. The summed E-state index contributed by atoms with van der Waals surface area (Å²) in [6.45, 7) is 1.93. The number of benzene rings is 1. The van der Waals surface area contributed by atoms with Crippen LogP contribution in [-0.4, -0.2) is 20.3 Å². The molecule has 0 saturated carbocycles. The predicted octanol–water partition coefficient (Wildman–Crippen LogP) is 2.45. The van der Waals surface area contributed by atoms with Gasteiger partial charge < -0.3 is 14.8 Å². The van der Waals surface area contributed by atoms with Gasteiger partial charge in [0.05, 0.1) is 7.11 Å². The topological polar surface area (TPSA) is 47.6 Å². The first-order chi connectivity index (χ1) is 7.71. The zero-order valence-corrected chi connectivity index (χ0v) is 9.61. The van der Waals surface area contributed by atoms with Crippen molar-refractivity contribution in [2.24, 2.45) is 0 Å². The van der Waals surface area contributed by atoms with E-state index in [0.29, 0.717) is 11.5 Å². The van der Waals surface area contributed by atoms with Gasteiger partial charge in [0.1, 0.15) is 0 Å². The van der Waals surface area contributed by atoms with Crippen LogP contribution in [0.2, 0.25) is 0 Å². The average molecular weight is 221 g/mol. The van der Waals surface area contributed by atoms with Crippen LogP contribution >= 0.6 is 0 Å². The molecular weight excluding hydrogens is 206 g/mol. The number of hydrogen-bond acceptors (Lipinski definition) is 3. The number of methoxy groups -OCH3 is 1. The van der Waals surface area contributed by atoms with Gasteiger partial charge in [-0.25, -0.2) is 4.79 Å². The van der Waals surface area contributed by atoms with E-state index in [-0.39, 0.29) is 0 Å². The van der Waals surface area contributed by atoms with Gasteiger partial charge in [-0.05, 0) is 24.6 Å². The summed E-state index contributed by atoms with van der Waals surface area (Å²) < 4.78 is 10.2. The van der Waals surface area contributed by atoms with E-state index < -0.39 is 6.09 Å². The standard InChI is InChI=1S/C12H15NO3/c1-4-5-9-6-7-10(11(8-9)15-3)16-12(14)13-2/h4-8H,1-3H3,(H,13,14)/b5-4+. The Balaban J connectivity index is 2.97. The molecule has 0 radical (unpaired) electrons. The summed E-state index contributed by atoms with van der Waals surface area (Å²) in [6.07, 6.45) is 3.34. The van der Waals surface area contributed by atoms with Crippen molar-refractivity contribution in [1.82, 2.24) is 5.32 Å². The Labute approximate surface area is 94.9 Å². The second-order valence-corrected chi connectivity index (χ2v) is 3.05. The maximum absolute atomic E-state index is 11.1. The molecule has 1 N–H and O–H groups in total. The minimum Gasteiger partial charge on any atom is -0.493 e. The van der Waals surface area contributed by atoms with Crippen molar-refractivity contribution in [1.29, 1.82) is 0 Å². The molecule has 4 heteroatoms. The second kappa shape index (κ2) is 5.80. The van der Waals surface area contributed by atoms with Gasteiger partial charge in [0, 0.05) is 7.05 Å². The summed E-state index contributed by atoms with van der Waals surface area (Å²) in [6, 6.07) is 5.35. The van der Waals surface area contributed by atoms with Crippen LogP contribution in [0.3, 0.4) is 0 Å². The van der Waals surface area contributed by atoms with Crippen LogP contribution in [0.4, 0.5) is 4.79 Å². The maximum Gasteiger partial charge on any atom is 0.412 e. The highest BCUT2D eigenvalue weighted by Gasteiger charge is 2.08. The zero-order valence-electron chi connectivity index (χ0n) is 9.61. The van der Waals surface area contributed by atoms with Gasteiger partial charge in [0.25, 0.3) is 0 Å². The van der Waals surface area contributed by atoms with Gasteiger partial charge in [-0.15, -0.1) is 0 Å². The molecule has 0 fully saturated rings. The molecule has 16 heavy (non-hydrogen) atoms. The molecule has 0 heterocycles. The van der Waals surface area contributed by atoms with E-state index in [9.17, 15) is 4.79 Å². The summed E-state index contributed by atoms with van der Waals surface area (Å²) >= 11 is 0. The first-order valence-electron chi connectivity index (χ1n) is 4.91. The number of hydrogen-bond donors (Lipinski definition) is 1. The van der Waals surface area contributed by atoms with Gasteiger partial charge >= 0.3 is 6.09 Å². The van der Waals surface area contributed by atoms with Gasteiger partial charge in [0.15, 0.2) is 11.5 Å². The molecule has 1 aromatic rings. The third-order valence-corrected chi connectivity index (χ3v) is 1.95. The Bertz CT molecular complexity index is 399. The molecule has 0 aromatic heterocycles. The SMILES string of the molecule is C/C=C/c1ccc(OC(=O)NC)c(OC)c1. The Morgan fingerprint density at radius 2 is 2.12 bits per heavy atom. The van der Waals surface area contributed by atoms with Gasteiger partial charge in [-0.2, -0.15) is 0 Å². The van der Waals surface area contributed by atoms with Crippen LogP contribution in [0.5, 0.6) is 11.5 Å². The minimum atomic E-state index is -0.517. The number of carbonyl (C=O) groups is 1. The van der Waals surface area contributed by atoms with E-state index >= 15 is 0 Å². The molecule has 0 unspecified atom stereocenters. The molecule has 1 aromatic carbocycles. The van der Waals surface area contributed by atoms with Gasteiger partial charge in [-0.3, -0.25) is 0 Å². The first kappa shape index (κ1) is 12.1. The third-order valence-electron chi connectivity index (χ3n) is 1.95. The molecule has 4 nitrogen and oxygen atoms in total. The number of ether oxygens (including phenoxy) is 2. The summed E-state index contributed by atoms with van der Waals surface area (Å²) in [5.41, 5.74) is 0.989. The minimum absolute atomic E-state index is 0.398. The lowest BCUT2D eigenvalue weighted by molar-refractivity contribution is 0.201. The van der Waals surface area contributed by atoms with Crippen LogP contribution in [0.25, 0.3) is 6.08 Å². The van der Waals surface area contributed by atoms with E-state index in [2.05, 4.69) is 5.32 Å². The van der Waals surface area contributed by atoms with E-state index in [1.165, 1.54) is 14.2 Å². The maximum atomic E-state index is 11.1. The molecule has 1 rings (SSSR count). The van der Waals surface area contributed by atoms with Crippen molar-refractivity contribution in [3.63, 3.8) is 0 Å². The Kier molecular flexibility index (Phi) is 4.39. The highest BCUT2D eigenvalue weighted by molar-refractivity contribution is 5.71. The highest BCUT2D eigenvalue weighted by Crippen LogP contribution is 2.28. The number of carbonyl (C=O) groups excluding carboxylic acids is 1. The Morgan fingerprint density at radius 3 is 2.69 bits per heavy atom. The fourth-order valence-electron chi connectivity index (χ4n) is 1.22. The molecule has 86 valence electrons. The summed E-state index contributed by atoms with van der Waals surface area (Å²) in [5, 5.41) is 2.37. The van der Waals surface area contributed by atoms with Crippen LogP contribution in [0.1, 0.15) is 12.5 Å². The van der Waals surface area contributed by atoms with E-state index in [1.54, 1.807) is 12.1 Å². The molecule has 0 spiro atoms. The fourth-order valence-corrected chi connectivity index (χ4v) is 1.22. The number of allylic oxidation sites excluding steroid dienone is 1. The van der Waals surface area contributed by atoms with E-state index in [1.807, 2.05) is 25.1 Å². The highest BCUT2D eigenvalue weighted by atomic mass is 16.6. The molecule has 0 atom stereocenters. The second-order valence-electron chi connectivity index (χ2n) is 3.05. The van der Waals surface area contributed by atoms with Crippen LogP contribution < -0.4 is 14.8 Å². The molecule has 1 amide bonds. The number of nitrogens with one attached hydrogen (secondary N) is 1. The van der Waals surface area contributed by atoms with Crippen molar-refractivity contribution >= 4 is 12.2 Å². The zero-order chi connectivity index (χ0) is 12.0. The largest absolute Gasteiger partial charge is 0.493 e. The summed E-state index contributed by atoms with van der Waals surface area (Å²) in [7, 11) is 3.04.